The fraction of sp³-hybridized carbons (Fsp3) is 0.214. The van der Waals surface area contributed by atoms with Crippen LogP contribution in [0, 0.1) is 0 Å². The summed E-state index contributed by atoms with van der Waals surface area (Å²) in [4.78, 5) is 11.7. The van der Waals surface area contributed by atoms with Gasteiger partial charge in [-0.3, -0.25) is 4.79 Å². The molecular formula is C14H11F3O2. The molecule has 2 aromatic rings. The maximum atomic E-state index is 12.4. The first kappa shape index (κ1) is 13.4. The highest BCUT2D eigenvalue weighted by atomic mass is 19.4. The van der Waals surface area contributed by atoms with Crippen LogP contribution in [0.5, 0.6) is 0 Å². The topological polar surface area (TPSA) is 30.2 Å². The molecule has 0 bridgehead atoms. The van der Waals surface area contributed by atoms with Gasteiger partial charge in [0.15, 0.2) is 0 Å². The Morgan fingerprint density at radius 1 is 1.05 bits per heavy atom. The number of Topliss-reactive ketones (excluding diaryl/α,β-unsaturated/α-hetero) is 1. The van der Waals surface area contributed by atoms with Crippen molar-refractivity contribution in [3.8, 4) is 0 Å². The lowest BCUT2D eigenvalue weighted by Gasteiger charge is -2.07. The molecule has 19 heavy (non-hydrogen) atoms. The number of carbonyl (C=O) groups excluding carboxylic acids is 1. The van der Waals surface area contributed by atoms with E-state index in [9.17, 15) is 18.0 Å². The van der Waals surface area contributed by atoms with Gasteiger partial charge >= 0.3 is 6.18 Å². The van der Waals surface area contributed by atoms with Crippen LogP contribution in [0.2, 0.25) is 0 Å². The molecule has 0 fully saturated rings. The highest BCUT2D eigenvalue weighted by Crippen LogP contribution is 2.29. The molecule has 0 aliphatic carbocycles. The minimum absolute atomic E-state index is 0.0961. The Labute approximate surface area is 107 Å². The fourth-order valence-corrected chi connectivity index (χ4v) is 1.71. The molecule has 0 N–H and O–H groups in total. The maximum absolute atomic E-state index is 12.4. The van der Waals surface area contributed by atoms with E-state index in [0.29, 0.717) is 11.3 Å². The minimum Gasteiger partial charge on any atom is -0.469 e. The molecule has 1 heterocycles. The van der Waals surface area contributed by atoms with Crippen LogP contribution in [-0.4, -0.2) is 5.78 Å². The van der Waals surface area contributed by atoms with Crippen molar-refractivity contribution in [2.45, 2.75) is 19.0 Å². The molecule has 1 aromatic carbocycles. The molecule has 0 radical (unpaired) electrons. The second-order valence-corrected chi connectivity index (χ2v) is 4.17. The molecule has 0 amide bonds. The average Bonchev–Trinajstić information content (AvgIpc) is 2.81. The van der Waals surface area contributed by atoms with Crippen LogP contribution < -0.4 is 0 Å². The van der Waals surface area contributed by atoms with Gasteiger partial charge in [-0.2, -0.15) is 13.2 Å². The van der Waals surface area contributed by atoms with Crippen molar-refractivity contribution in [2.75, 3.05) is 0 Å². The zero-order valence-electron chi connectivity index (χ0n) is 9.91. The molecule has 0 aliphatic rings. The minimum atomic E-state index is -4.35. The van der Waals surface area contributed by atoms with Gasteiger partial charge in [0.05, 0.1) is 18.2 Å². The molecule has 0 atom stereocenters. The third kappa shape index (κ3) is 3.71. The molecule has 5 heteroatoms. The number of alkyl halides is 3. The summed E-state index contributed by atoms with van der Waals surface area (Å²) in [5.74, 6) is 0.451. The summed E-state index contributed by atoms with van der Waals surface area (Å²) < 4.78 is 42.1. The largest absolute Gasteiger partial charge is 0.469 e. The fourth-order valence-electron chi connectivity index (χ4n) is 1.71. The van der Waals surface area contributed by atoms with E-state index in [0.717, 1.165) is 12.1 Å². The van der Waals surface area contributed by atoms with Crippen LogP contribution in [0.4, 0.5) is 13.2 Å². The zero-order valence-corrected chi connectivity index (χ0v) is 9.91. The first-order valence-electron chi connectivity index (χ1n) is 5.65. The lowest BCUT2D eigenvalue weighted by Crippen LogP contribution is -2.07. The van der Waals surface area contributed by atoms with Crippen molar-refractivity contribution in [2.24, 2.45) is 0 Å². The van der Waals surface area contributed by atoms with E-state index >= 15 is 0 Å². The van der Waals surface area contributed by atoms with E-state index in [1.54, 1.807) is 12.1 Å². The van der Waals surface area contributed by atoms with Crippen molar-refractivity contribution in [1.29, 1.82) is 0 Å². The predicted molar refractivity (Wildman–Crippen MR) is 62.6 cm³/mol. The highest BCUT2D eigenvalue weighted by molar-refractivity contribution is 5.82. The molecule has 1 aromatic heterocycles. The van der Waals surface area contributed by atoms with E-state index in [2.05, 4.69) is 0 Å². The van der Waals surface area contributed by atoms with Gasteiger partial charge in [-0.05, 0) is 29.8 Å². The molecule has 100 valence electrons. The summed E-state index contributed by atoms with van der Waals surface area (Å²) in [5.41, 5.74) is -0.153. The number of furan rings is 1. The molecule has 2 nitrogen and oxygen atoms in total. The van der Waals surface area contributed by atoms with Crippen LogP contribution in [0.25, 0.3) is 0 Å². The molecule has 0 unspecified atom stereocenters. The van der Waals surface area contributed by atoms with Crippen LogP contribution in [0.15, 0.2) is 47.1 Å². The standard InChI is InChI=1S/C14H11F3O2/c15-14(16,17)11-5-3-10(4-6-11)8-12(18)9-13-2-1-7-19-13/h1-7H,8-9H2. The molecule has 0 saturated carbocycles. The van der Waals surface area contributed by atoms with Crippen LogP contribution in [0.1, 0.15) is 16.9 Å². The van der Waals surface area contributed by atoms with Crippen molar-refractivity contribution < 1.29 is 22.4 Å². The second kappa shape index (κ2) is 5.30. The molecular weight excluding hydrogens is 257 g/mol. The number of benzene rings is 1. The van der Waals surface area contributed by atoms with Gasteiger partial charge in [-0.25, -0.2) is 0 Å². The van der Waals surface area contributed by atoms with Crippen molar-refractivity contribution >= 4 is 5.78 Å². The third-order valence-electron chi connectivity index (χ3n) is 2.63. The van der Waals surface area contributed by atoms with Gasteiger partial charge in [-0.15, -0.1) is 0 Å². The summed E-state index contributed by atoms with van der Waals surface area (Å²) in [7, 11) is 0. The Kier molecular flexibility index (Phi) is 3.74. The lowest BCUT2D eigenvalue weighted by atomic mass is 10.0. The van der Waals surface area contributed by atoms with E-state index in [4.69, 9.17) is 4.42 Å². The summed E-state index contributed by atoms with van der Waals surface area (Å²) in [6, 6.07) is 7.97. The average molecular weight is 268 g/mol. The summed E-state index contributed by atoms with van der Waals surface area (Å²) >= 11 is 0. The Hall–Kier alpha value is -2.04. The van der Waals surface area contributed by atoms with Crippen molar-refractivity contribution in [1.82, 2.24) is 0 Å². The first-order chi connectivity index (χ1) is 8.95. The predicted octanol–water partition coefficient (Wildman–Crippen LogP) is 3.65. The van der Waals surface area contributed by atoms with Crippen LogP contribution in [-0.2, 0) is 23.8 Å². The normalized spacial score (nSPS) is 11.5. The highest BCUT2D eigenvalue weighted by Gasteiger charge is 2.29. The van der Waals surface area contributed by atoms with Gasteiger partial charge in [0.1, 0.15) is 11.5 Å². The van der Waals surface area contributed by atoms with Gasteiger partial charge in [0.25, 0.3) is 0 Å². The van der Waals surface area contributed by atoms with E-state index < -0.39 is 11.7 Å². The van der Waals surface area contributed by atoms with Gasteiger partial charge in [-0.1, -0.05) is 12.1 Å². The second-order valence-electron chi connectivity index (χ2n) is 4.17. The van der Waals surface area contributed by atoms with E-state index in [1.807, 2.05) is 0 Å². The number of ketones is 1. The SMILES string of the molecule is O=C(Cc1ccc(C(F)(F)F)cc1)Cc1ccco1. The summed E-state index contributed by atoms with van der Waals surface area (Å²) in [6.45, 7) is 0. The van der Waals surface area contributed by atoms with Gasteiger partial charge < -0.3 is 4.42 Å². The quantitative estimate of drug-likeness (QED) is 0.847. The number of rotatable bonds is 4. The van der Waals surface area contributed by atoms with Crippen molar-refractivity contribution in [3.63, 3.8) is 0 Å². The Morgan fingerprint density at radius 2 is 1.74 bits per heavy atom. The monoisotopic (exact) mass is 268 g/mol. The van der Waals surface area contributed by atoms with Crippen molar-refractivity contribution in [3.05, 3.63) is 59.5 Å². The van der Waals surface area contributed by atoms with E-state index in [1.165, 1.54) is 18.4 Å². The zero-order chi connectivity index (χ0) is 13.9. The Balaban J connectivity index is 1.98. The molecule has 2 rings (SSSR count). The number of carbonyl (C=O) groups is 1. The van der Waals surface area contributed by atoms with Gasteiger partial charge in [0, 0.05) is 6.42 Å². The maximum Gasteiger partial charge on any atom is 0.416 e. The van der Waals surface area contributed by atoms with Crippen LogP contribution >= 0.6 is 0 Å². The summed E-state index contributed by atoms with van der Waals surface area (Å²) in [6.07, 6.45) is -2.63. The Morgan fingerprint density at radius 3 is 2.26 bits per heavy atom. The van der Waals surface area contributed by atoms with Crippen LogP contribution in [0.3, 0.4) is 0 Å². The van der Waals surface area contributed by atoms with Gasteiger partial charge in [0.2, 0.25) is 0 Å². The molecule has 0 aliphatic heterocycles. The smallest absolute Gasteiger partial charge is 0.416 e. The lowest BCUT2D eigenvalue weighted by molar-refractivity contribution is -0.137. The summed E-state index contributed by atoms with van der Waals surface area (Å²) in [5, 5.41) is 0. The first-order valence-corrected chi connectivity index (χ1v) is 5.65. The molecule has 0 spiro atoms. The third-order valence-corrected chi connectivity index (χ3v) is 2.63. The molecule has 0 saturated heterocycles. The number of hydrogen-bond acceptors (Lipinski definition) is 2. The number of halogens is 3. The van der Waals surface area contributed by atoms with E-state index in [-0.39, 0.29) is 18.6 Å². The Bertz CT molecular complexity index is 539. The number of hydrogen-bond donors (Lipinski definition) is 0.